The smallest absolute Gasteiger partial charge is 0.229 e. The van der Waals surface area contributed by atoms with Crippen LogP contribution >= 0.6 is 12.2 Å². The minimum absolute atomic E-state index is 0.00142. The Morgan fingerprint density at radius 2 is 1.64 bits per heavy atom. The second-order valence-corrected chi connectivity index (χ2v) is 5.57. The molecule has 2 N–H and O–H groups in total. The van der Waals surface area contributed by atoms with Gasteiger partial charge in [0.2, 0.25) is 5.91 Å². The predicted molar refractivity (Wildman–Crippen MR) is 90.0 cm³/mol. The van der Waals surface area contributed by atoms with E-state index in [-0.39, 0.29) is 11.8 Å². The van der Waals surface area contributed by atoms with Crippen LogP contribution in [-0.2, 0) is 4.79 Å². The molecule has 2 aromatic rings. The van der Waals surface area contributed by atoms with E-state index in [1.165, 1.54) is 0 Å². The van der Waals surface area contributed by atoms with Gasteiger partial charge in [-0.05, 0) is 61.5 Å². The Hall–Kier alpha value is -2.40. The first kappa shape index (κ1) is 14.5. The van der Waals surface area contributed by atoms with Crippen molar-refractivity contribution < 1.29 is 9.53 Å². The topological polar surface area (TPSA) is 50.4 Å². The van der Waals surface area contributed by atoms with Gasteiger partial charge < -0.3 is 15.4 Å². The number of rotatable bonds is 4. The number of anilines is 1. The fraction of sp³-hybridized carbons (Fsp3) is 0.176. The van der Waals surface area contributed by atoms with E-state index in [1.807, 2.05) is 54.6 Å². The molecule has 0 unspecified atom stereocenters. The van der Waals surface area contributed by atoms with Crippen LogP contribution in [0.1, 0.15) is 12.8 Å². The third-order valence-corrected chi connectivity index (χ3v) is 3.48. The Kier molecular flexibility index (Phi) is 4.34. The lowest BCUT2D eigenvalue weighted by atomic mass is 10.3. The summed E-state index contributed by atoms with van der Waals surface area (Å²) in [5, 5.41) is 6.01. The minimum atomic E-state index is 0.00142. The maximum absolute atomic E-state index is 11.6. The van der Waals surface area contributed by atoms with Crippen molar-refractivity contribution in [2.75, 3.05) is 5.32 Å². The summed E-state index contributed by atoms with van der Waals surface area (Å²) in [5.41, 5.74) is 0.807. The van der Waals surface area contributed by atoms with Gasteiger partial charge in [0.05, 0.1) is 0 Å². The number of nitrogens with one attached hydrogen (secondary N) is 2. The van der Waals surface area contributed by atoms with Gasteiger partial charge in [-0.2, -0.15) is 0 Å². The van der Waals surface area contributed by atoms with Crippen LogP contribution < -0.4 is 15.4 Å². The third kappa shape index (κ3) is 4.05. The van der Waals surface area contributed by atoms with Crippen molar-refractivity contribution in [2.45, 2.75) is 12.8 Å². The molecule has 0 aromatic heterocycles. The summed E-state index contributed by atoms with van der Waals surface area (Å²) in [6, 6.07) is 17.0. The molecule has 0 atom stereocenters. The molecule has 112 valence electrons. The van der Waals surface area contributed by atoms with Crippen LogP contribution in [0.25, 0.3) is 0 Å². The Bertz CT molecular complexity index is 667. The maximum Gasteiger partial charge on any atom is 0.229 e. The molecule has 22 heavy (non-hydrogen) atoms. The third-order valence-electron chi connectivity index (χ3n) is 3.28. The van der Waals surface area contributed by atoms with Crippen LogP contribution in [0.3, 0.4) is 0 Å². The lowest BCUT2D eigenvalue weighted by molar-refractivity contribution is -0.120. The van der Waals surface area contributed by atoms with Crippen LogP contribution in [0.5, 0.6) is 11.5 Å². The lowest BCUT2D eigenvalue weighted by Crippen LogP contribution is -2.35. The molecule has 3 rings (SSSR count). The highest BCUT2D eigenvalue weighted by molar-refractivity contribution is 7.80. The normalized spacial score (nSPS) is 13.3. The largest absolute Gasteiger partial charge is 0.457 e. The van der Waals surface area contributed by atoms with Gasteiger partial charge in [0, 0.05) is 11.6 Å². The van der Waals surface area contributed by atoms with E-state index in [9.17, 15) is 4.79 Å². The molecule has 0 radical (unpaired) electrons. The summed E-state index contributed by atoms with van der Waals surface area (Å²) in [6.45, 7) is 0. The molecule has 1 fully saturated rings. The summed E-state index contributed by atoms with van der Waals surface area (Å²) in [4.78, 5) is 11.6. The summed E-state index contributed by atoms with van der Waals surface area (Å²) in [7, 11) is 0. The number of ether oxygens (including phenoxy) is 1. The van der Waals surface area contributed by atoms with Gasteiger partial charge in [0.25, 0.3) is 0 Å². The summed E-state index contributed by atoms with van der Waals surface area (Å²) in [5.74, 6) is 1.67. The molecule has 0 bridgehead atoms. The molecule has 4 nitrogen and oxygen atoms in total. The molecule has 1 aliphatic carbocycles. The van der Waals surface area contributed by atoms with Crippen LogP contribution in [-0.4, -0.2) is 11.0 Å². The number of benzene rings is 2. The van der Waals surface area contributed by atoms with Crippen molar-refractivity contribution in [1.29, 1.82) is 0 Å². The molecule has 5 heteroatoms. The van der Waals surface area contributed by atoms with E-state index in [0.717, 1.165) is 30.0 Å². The standard InChI is InChI=1S/C17H16N2O2S/c20-16(12-6-7-12)19-17(22)18-13-8-10-15(11-9-13)21-14-4-2-1-3-5-14/h1-5,8-12H,6-7H2,(H2,18,19,20,22). The van der Waals surface area contributed by atoms with E-state index < -0.39 is 0 Å². The average molecular weight is 312 g/mol. The number of para-hydroxylation sites is 1. The van der Waals surface area contributed by atoms with Gasteiger partial charge in [0.1, 0.15) is 11.5 Å². The first-order chi connectivity index (χ1) is 10.7. The van der Waals surface area contributed by atoms with Crippen molar-refractivity contribution in [2.24, 2.45) is 5.92 Å². The highest BCUT2D eigenvalue weighted by atomic mass is 32.1. The monoisotopic (exact) mass is 312 g/mol. The molecule has 1 aliphatic rings. The fourth-order valence-corrected chi connectivity index (χ4v) is 2.17. The van der Waals surface area contributed by atoms with E-state index >= 15 is 0 Å². The zero-order chi connectivity index (χ0) is 15.4. The lowest BCUT2D eigenvalue weighted by Gasteiger charge is -2.10. The Morgan fingerprint density at radius 3 is 2.27 bits per heavy atom. The van der Waals surface area contributed by atoms with Gasteiger partial charge >= 0.3 is 0 Å². The van der Waals surface area contributed by atoms with E-state index in [1.54, 1.807) is 0 Å². The number of carbonyl (C=O) groups excluding carboxylic acids is 1. The first-order valence-corrected chi connectivity index (χ1v) is 7.56. The highest BCUT2D eigenvalue weighted by Crippen LogP contribution is 2.28. The zero-order valence-electron chi connectivity index (χ0n) is 11.9. The molecule has 2 aromatic carbocycles. The molecule has 0 spiro atoms. The van der Waals surface area contributed by atoms with Gasteiger partial charge in [-0.25, -0.2) is 0 Å². The van der Waals surface area contributed by atoms with E-state index in [0.29, 0.717) is 5.11 Å². The van der Waals surface area contributed by atoms with Crippen LogP contribution in [0, 0.1) is 5.92 Å². The summed E-state index contributed by atoms with van der Waals surface area (Å²) >= 11 is 5.12. The molecular weight excluding hydrogens is 296 g/mol. The van der Waals surface area contributed by atoms with Crippen LogP contribution in [0.2, 0.25) is 0 Å². The number of amides is 1. The second kappa shape index (κ2) is 6.58. The van der Waals surface area contributed by atoms with Crippen molar-refractivity contribution in [3.05, 3.63) is 54.6 Å². The van der Waals surface area contributed by atoms with Crippen LogP contribution in [0.4, 0.5) is 5.69 Å². The van der Waals surface area contributed by atoms with Crippen molar-refractivity contribution >= 4 is 28.9 Å². The number of thiocarbonyl (C=S) groups is 1. The average Bonchev–Trinajstić information content (AvgIpc) is 3.35. The minimum Gasteiger partial charge on any atom is -0.457 e. The van der Waals surface area contributed by atoms with Crippen LogP contribution in [0.15, 0.2) is 54.6 Å². The van der Waals surface area contributed by atoms with Crippen molar-refractivity contribution in [3.63, 3.8) is 0 Å². The number of hydrogen-bond acceptors (Lipinski definition) is 3. The second-order valence-electron chi connectivity index (χ2n) is 5.16. The molecular formula is C17H16N2O2S. The molecule has 1 amide bonds. The van der Waals surface area contributed by atoms with Gasteiger partial charge in [-0.1, -0.05) is 18.2 Å². The Balaban J connectivity index is 1.54. The zero-order valence-corrected chi connectivity index (χ0v) is 12.7. The van der Waals surface area contributed by atoms with Crippen molar-refractivity contribution in [1.82, 2.24) is 5.32 Å². The van der Waals surface area contributed by atoms with Gasteiger partial charge in [-0.15, -0.1) is 0 Å². The first-order valence-electron chi connectivity index (χ1n) is 7.15. The highest BCUT2D eigenvalue weighted by Gasteiger charge is 2.29. The quantitative estimate of drug-likeness (QED) is 0.845. The van der Waals surface area contributed by atoms with Gasteiger partial charge in [-0.3, -0.25) is 4.79 Å². The van der Waals surface area contributed by atoms with E-state index in [2.05, 4.69) is 10.6 Å². The Labute approximate surface area is 134 Å². The maximum atomic E-state index is 11.6. The SMILES string of the molecule is O=C(NC(=S)Nc1ccc(Oc2ccccc2)cc1)C1CC1. The van der Waals surface area contributed by atoms with Gasteiger partial charge in [0.15, 0.2) is 5.11 Å². The van der Waals surface area contributed by atoms with E-state index in [4.69, 9.17) is 17.0 Å². The van der Waals surface area contributed by atoms with Crippen molar-refractivity contribution in [3.8, 4) is 11.5 Å². The molecule has 0 aliphatic heterocycles. The number of hydrogen-bond donors (Lipinski definition) is 2. The molecule has 1 saturated carbocycles. The number of carbonyl (C=O) groups is 1. The molecule has 0 heterocycles. The summed E-state index contributed by atoms with van der Waals surface area (Å²) in [6.07, 6.45) is 1.92. The Morgan fingerprint density at radius 1 is 1.00 bits per heavy atom. The molecule has 0 saturated heterocycles. The summed E-state index contributed by atoms with van der Waals surface area (Å²) < 4.78 is 5.71. The fourth-order valence-electron chi connectivity index (χ4n) is 1.95. The predicted octanol–water partition coefficient (Wildman–Crippen LogP) is 3.70.